The van der Waals surface area contributed by atoms with Gasteiger partial charge in [0.05, 0.1) is 5.75 Å². The van der Waals surface area contributed by atoms with Gasteiger partial charge in [-0.15, -0.1) is 0 Å². The van der Waals surface area contributed by atoms with Gasteiger partial charge in [0.1, 0.15) is 15.6 Å². The van der Waals surface area contributed by atoms with Crippen molar-refractivity contribution in [2.45, 2.75) is 33.2 Å². The second-order valence-corrected chi connectivity index (χ2v) is 7.46. The predicted octanol–water partition coefficient (Wildman–Crippen LogP) is 1.57. The van der Waals surface area contributed by atoms with Crippen molar-refractivity contribution in [1.82, 2.24) is 5.32 Å². The molecule has 0 aliphatic carbocycles. The fourth-order valence-corrected chi connectivity index (χ4v) is 3.19. The topological polar surface area (TPSA) is 66.4 Å². The van der Waals surface area contributed by atoms with Crippen LogP contribution in [0.15, 0.2) is 12.1 Å². The van der Waals surface area contributed by atoms with Crippen LogP contribution in [0.4, 0.5) is 0 Å². The highest BCUT2D eigenvalue weighted by molar-refractivity contribution is 7.90. The lowest BCUT2D eigenvalue weighted by molar-refractivity contribution is 0.466. The van der Waals surface area contributed by atoms with Crippen molar-refractivity contribution in [2.24, 2.45) is 0 Å². The SMILES string of the molecule is Cc1cc(CCN[C@H](C)CS(C)(=O)=O)cc(C)c1O. The number of rotatable bonds is 6. The molecule has 5 heteroatoms. The minimum atomic E-state index is -2.93. The molecule has 19 heavy (non-hydrogen) atoms. The number of phenolic OH excluding ortho intramolecular Hbond substituents is 1. The van der Waals surface area contributed by atoms with Gasteiger partial charge in [-0.05, 0) is 50.4 Å². The third-order valence-corrected chi connectivity index (χ3v) is 4.12. The van der Waals surface area contributed by atoms with Gasteiger partial charge >= 0.3 is 0 Å². The number of aromatic hydroxyl groups is 1. The molecule has 0 amide bonds. The summed E-state index contributed by atoms with van der Waals surface area (Å²) in [4.78, 5) is 0. The fourth-order valence-electron chi connectivity index (χ4n) is 2.17. The summed E-state index contributed by atoms with van der Waals surface area (Å²) in [5.74, 6) is 0.503. The summed E-state index contributed by atoms with van der Waals surface area (Å²) in [5, 5.41) is 12.9. The number of hydrogen-bond acceptors (Lipinski definition) is 4. The van der Waals surface area contributed by atoms with Gasteiger partial charge < -0.3 is 10.4 Å². The molecule has 0 heterocycles. The Labute approximate surface area is 115 Å². The van der Waals surface area contributed by atoms with Gasteiger partial charge in [0, 0.05) is 12.3 Å². The van der Waals surface area contributed by atoms with Crippen molar-refractivity contribution in [3.63, 3.8) is 0 Å². The maximum Gasteiger partial charge on any atom is 0.148 e. The predicted molar refractivity (Wildman–Crippen MR) is 78.5 cm³/mol. The van der Waals surface area contributed by atoms with Crippen LogP contribution < -0.4 is 5.32 Å². The highest BCUT2D eigenvalue weighted by Gasteiger charge is 2.09. The molecule has 0 unspecified atom stereocenters. The molecule has 108 valence electrons. The van der Waals surface area contributed by atoms with E-state index >= 15 is 0 Å². The second kappa shape index (κ2) is 6.39. The van der Waals surface area contributed by atoms with Crippen molar-refractivity contribution in [3.05, 3.63) is 28.8 Å². The Bertz CT molecular complexity index is 515. The zero-order valence-electron chi connectivity index (χ0n) is 12.0. The molecule has 1 rings (SSSR count). The van der Waals surface area contributed by atoms with Crippen molar-refractivity contribution < 1.29 is 13.5 Å². The van der Waals surface area contributed by atoms with Crippen LogP contribution in [0.5, 0.6) is 5.75 Å². The number of hydrogen-bond donors (Lipinski definition) is 2. The summed E-state index contributed by atoms with van der Waals surface area (Å²) in [7, 11) is -2.93. The molecule has 0 saturated carbocycles. The zero-order valence-corrected chi connectivity index (χ0v) is 12.8. The minimum Gasteiger partial charge on any atom is -0.507 e. The van der Waals surface area contributed by atoms with Crippen LogP contribution in [-0.2, 0) is 16.3 Å². The number of nitrogens with one attached hydrogen (secondary N) is 1. The van der Waals surface area contributed by atoms with E-state index in [0.717, 1.165) is 29.7 Å². The van der Waals surface area contributed by atoms with Gasteiger partial charge in [-0.3, -0.25) is 0 Å². The normalized spacial score (nSPS) is 13.5. The number of sulfone groups is 1. The summed E-state index contributed by atoms with van der Waals surface area (Å²) < 4.78 is 22.3. The molecule has 0 bridgehead atoms. The van der Waals surface area contributed by atoms with Crippen molar-refractivity contribution in [1.29, 1.82) is 0 Å². The highest BCUT2D eigenvalue weighted by Crippen LogP contribution is 2.22. The van der Waals surface area contributed by atoms with Crippen LogP contribution in [0.2, 0.25) is 0 Å². The van der Waals surface area contributed by atoms with Crippen molar-refractivity contribution in [2.75, 3.05) is 18.6 Å². The van der Waals surface area contributed by atoms with E-state index in [1.165, 1.54) is 6.26 Å². The molecule has 0 fully saturated rings. The van der Waals surface area contributed by atoms with Crippen LogP contribution in [-0.4, -0.2) is 38.1 Å². The highest BCUT2D eigenvalue weighted by atomic mass is 32.2. The Morgan fingerprint density at radius 2 is 1.79 bits per heavy atom. The van der Waals surface area contributed by atoms with E-state index in [2.05, 4.69) is 5.32 Å². The Kier molecular flexibility index (Phi) is 5.38. The smallest absolute Gasteiger partial charge is 0.148 e. The molecule has 0 spiro atoms. The lowest BCUT2D eigenvalue weighted by atomic mass is 10.0. The first-order valence-electron chi connectivity index (χ1n) is 6.39. The second-order valence-electron chi connectivity index (χ2n) is 5.28. The summed E-state index contributed by atoms with van der Waals surface area (Å²) in [5.41, 5.74) is 2.89. The van der Waals surface area contributed by atoms with Crippen molar-refractivity contribution >= 4 is 9.84 Å². The van der Waals surface area contributed by atoms with E-state index in [4.69, 9.17) is 0 Å². The molecule has 0 saturated heterocycles. The Morgan fingerprint density at radius 1 is 1.26 bits per heavy atom. The standard InChI is InChI=1S/C14H23NO3S/c1-10-7-13(8-11(2)14(10)16)5-6-15-12(3)9-19(4,17)18/h7-8,12,15-16H,5-6,9H2,1-4H3/t12-/m1/s1. The first-order valence-corrected chi connectivity index (χ1v) is 8.45. The average molecular weight is 285 g/mol. The largest absolute Gasteiger partial charge is 0.507 e. The van der Waals surface area contributed by atoms with Crippen LogP contribution in [0.1, 0.15) is 23.6 Å². The molecule has 1 aromatic rings. The van der Waals surface area contributed by atoms with E-state index in [9.17, 15) is 13.5 Å². The van der Waals surface area contributed by atoms with Crippen LogP contribution >= 0.6 is 0 Å². The van der Waals surface area contributed by atoms with E-state index in [-0.39, 0.29) is 11.8 Å². The maximum atomic E-state index is 11.1. The summed E-state index contributed by atoms with van der Waals surface area (Å²) in [6, 6.07) is 3.88. The van der Waals surface area contributed by atoms with Gasteiger partial charge in [-0.25, -0.2) is 8.42 Å². The molecular weight excluding hydrogens is 262 g/mol. The van der Waals surface area contributed by atoms with Gasteiger partial charge in [0.15, 0.2) is 0 Å². The van der Waals surface area contributed by atoms with Gasteiger partial charge in [-0.2, -0.15) is 0 Å². The van der Waals surface area contributed by atoms with Gasteiger partial charge in [-0.1, -0.05) is 12.1 Å². The average Bonchev–Trinajstić information content (AvgIpc) is 2.23. The Morgan fingerprint density at radius 3 is 2.26 bits per heavy atom. The lowest BCUT2D eigenvalue weighted by Crippen LogP contribution is -2.34. The quantitative estimate of drug-likeness (QED) is 0.832. The molecule has 0 aliphatic heterocycles. The van der Waals surface area contributed by atoms with E-state index in [0.29, 0.717) is 5.75 Å². The zero-order chi connectivity index (χ0) is 14.6. The lowest BCUT2D eigenvalue weighted by Gasteiger charge is -2.13. The van der Waals surface area contributed by atoms with E-state index in [1.54, 1.807) is 0 Å². The van der Waals surface area contributed by atoms with Crippen LogP contribution in [0.3, 0.4) is 0 Å². The summed E-state index contributed by atoms with van der Waals surface area (Å²) >= 11 is 0. The summed E-state index contributed by atoms with van der Waals surface area (Å²) in [6.45, 7) is 6.35. The third kappa shape index (κ3) is 5.61. The van der Waals surface area contributed by atoms with Crippen LogP contribution in [0, 0.1) is 13.8 Å². The fraction of sp³-hybridized carbons (Fsp3) is 0.571. The number of phenols is 1. The molecule has 2 N–H and O–H groups in total. The number of aryl methyl sites for hydroxylation is 2. The Balaban J connectivity index is 2.50. The summed E-state index contributed by atoms with van der Waals surface area (Å²) in [6.07, 6.45) is 2.06. The Hall–Kier alpha value is -1.07. The molecular formula is C14H23NO3S. The van der Waals surface area contributed by atoms with Crippen LogP contribution in [0.25, 0.3) is 0 Å². The van der Waals surface area contributed by atoms with Gasteiger partial charge in [0.25, 0.3) is 0 Å². The first-order chi connectivity index (χ1) is 8.69. The van der Waals surface area contributed by atoms with Gasteiger partial charge in [0.2, 0.25) is 0 Å². The van der Waals surface area contributed by atoms with E-state index in [1.807, 2.05) is 32.9 Å². The molecule has 0 radical (unpaired) electrons. The molecule has 4 nitrogen and oxygen atoms in total. The molecule has 1 atom stereocenters. The first kappa shape index (κ1) is 16.0. The monoisotopic (exact) mass is 285 g/mol. The molecule has 0 aliphatic rings. The van der Waals surface area contributed by atoms with Crippen molar-refractivity contribution in [3.8, 4) is 5.75 Å². The third-order valence-electron chi connectivity index (χ3n) is 3.01. The maximum absolute atomic E-state index is 11.1. The molecule has 0 aromatic heterocycles. The minimum absolute atomic E-state index is 0.0469. The number of benzene rings is 1. The van der Waals surface area contributed by atoms with E-state index < -0.39 is 9.84 Å². The molecule has 1 aromatic carbocycles.